The number of methoxy groups -OCH3 is 1. The van der Waals surface area contributed by atoms with Gasteiger partial charge in [0.05, 0.1) is 20.0 Å². The Bertz CT molecular complexity index is 1350. The molecule has 5 nitrogen and oxygen atoms in total. The summed E-state index contributed by atoms with van der Waals surface area (Å²) >= 11 is 0. The van der Waals surface area contributed by atoms with Crippen molar-refractivity contribution < 1.29 is 18.7 Å². The Morgan fingerprint density at radius 1 is 1.03 bits per heavy atom. The van der Waals surface area contributed by atoms with Crippen molar-refractivity contribution in [2.45, 2.75) is 39.7 Å². The predicted octanol–water partition coefficient (Wildman–Crippen LogP) is 7.05. The summed E-state index contributed by atoms with van der Waals surface area (Å²) in [4.78, 5) is 12.8. The van der Waals surface area contributed by atoms with E-state index in [1.807, 2.05) is 75.4 Å². The quantitative estimate of drug-likeness (QED) is 0.246. The Kier molecular flexibility index (Phi) is 8.11. The normalized spacial score (nSPS) is 12.4. The second-order valence-corrected chi connectivity index (χ2v) is 8.89. The van der Waals surface area contributed by atoms with Crippen LogP contribution >= 0.6 is 0 Å². The Balaban J connectivity index is 1.59. The van der Waals surface area contributed by atoms with Gasteiger partial charge in [0.15, 0.2) is 0 Å². The van der Waals surface area contributed by atoms with Gasteiger partial charge < -0.3 is 19.2 Å². The van der Waals surface area contributed by atoms with E-state index in [1.165, 1.54) is 5.56 Å². The van der Waals surface area contributed by atoms with E-state index in [0.29, 0.717) is 12.4 Å². The first-order chi connectivity index (χ1) is 17.5. The maximum Gasteiger partial charge on any atom is 0.244 e. The highest BCUT2D eigenvalue weighted by Gasteiger charge is 2.17. The molecule has 1 N–H and O–H groups in total. The van der Waals surface area contributed by atoms with E-state index >= 15 is 0 Å². The van der Waals surface area contributed by atoms with Crippen LogP contribution in [0.2, 0.25) is 0 Å². The van der Waals surface area contributed by atoms with Gasteiger partial charge in [0.25, 0.3) is 0 Å². The van der Waals surface area contributed by atoms with Gasteiger partial charge in [-0.1, -0.05) is 48.5 Å². The van der Waals surface area contributed by atoms with E-state index in [2.05, 4.69) is 17.4 Å². The lowest BCUT2D eigenvalue weighted by Crippen LogP contribution is -2.31. The average Bonchev–Trinajstić information content (AvgIpc) is 3.30. The van der Waals surface area contributed by atoms with Gasteiger partial charge in [-0.3, -0.25) is 4.79 Å². The maximum atomic E-state index is 12.8. The molecule has 186 valence electrons. The van der Waals surface area contributed by atoms with Gasteiger partial charge in [-0.25, -0.2) is 0 Å². The zero-order chi connectivity index (χ0) is 25.5. The van der Waals surface area contributed by atoms with Crippen molar-refractivity contribution in [2.24, 2.45) is 0 Å². The van der Waals surface area contributed by atoms with Gasteiger partial charge in [-0.05, 0) is 56.9 Å². The van der Waals surface area contributed by atoms with Crippen LogP contribution in [0.25, 0.3) is 27.7 Å². The molecule has 0 aliphatic rings. The summed E-state index contributed by atoms with van der Waals surface area (Å²) in [6.07, 6.45) is 5.17. The molecule has 36 heavy (non-hydrogen) atoms. The van der Waals surface area contributed by atoms with Crippen LogP contribution in [0.5, 0.6) is 11.5 Å². The topological polar surface area (TPSA) is 60.7 Å². The number of amides is 1. The van der Waals surface area contributed by atoms with E-state index < -0.39 is 0 Å². The monoisotopic (exact) mass is 483 g/mol. The summed E-state index contributed by atoms with van der Waals surface area (Å²) in [6.45, 7) is 6.42. The fraction of sp³-hybridized carbons (Fsp3) is 0.258. The number of fused-ring (bicyclic) bond motifs is 1. The third kappa shape index (κ3) is 5.80. The number of furan rings is 1. The second-order valence-electron chi connectivity index (χ2n) is 8.89. The van der Waals surface area contributed by atoms with Gasteiger partial charge in [-0.15, -0.1) is 0 Å². The first kappa shape index (κ1) is 25.1. The van der Waals surface area contributed by atoms with E-state index in [1.54, 1.807) is 19.4 Å². The number of hydrogen-bond acceptors (Lipinski definition) is 4. The minimum atomic E-state index is -0.118. The highest BCUT2D eigenvalue weighted by molar-refractivity contribution is 6.01. The second kappa shape index (κ2) is 11.6. The number of carbonyl (C=O) groups excluding carboxylic acids is 1. The van der Waals surface area contributed by atoms with Crippen molar-refractivity contribution >= 4 is 22.4 Å². The lowest BCUT2D eigenvalue weighted by molar-refractivity contribution is -0.117. The third-order valence-electron chi connectivity index (χ3n) is 6.24. The number of carbonyl (C=O) groups is 1. The van der Waals surface area contributed by atoms with Crippen LogP contribution in [0.15, 0.2) is 83.5 Å². The summed E-state index contributed by atoms with van der Waals surface area (Å²) in [5.41, 5.74) is 5.54. The predicted molar refractivity (Wildman–Crippen MR) is 145 cm³/mol. The van der Waals surface area contributed by atoms with Crippen LogP contribution < -0.4 is 14.8 Å². The number of allylic oxidation sites excluding steroid dienone is 1. The lowest BCUT2D eigenvalue weighted by Gasteiger charge is -2.14. The molecule has 5 heteroatoms. The maximum absolute atomic E-state index is 12.8. The van der Waals surface area contributed by atoms with Gasteiger partial charge in [0, 0.05) is 40.3 Å². The minimum Gasteiger partial charge on any atom is -0.496 e. The molecule has 3 aromatic carbocycles. The molecule has 4 aromatic rings. The highest BCUT2D eigenvalue weighted by atomic mass is 16.5. The van der Waals surface area contributed by atoms with Crippen molar-refractivity contribution in [2.75, 3.05) is 13.7 Å². The number of nitrogens with one attached hydrogen (secondary N) is 1. The molecule has 1 unspecified atom stereocenters. The Morgan fingerprint density at radius 2 is 1.78 bits per heavy atom. The molecule has 1 atom stereocenters. The smallest absolute Gasteiger partial charge is 0.244 e. The summed E-state index contributed by atoms with van der Waals surface area (Å²) in [7, 11) is 1.66. The van der Waals surface area contributed by atoms with E-state index in [-0.39, 0.29) is 11.9 Å². The largest absolute Gasteiger partial charge is 0.496 e. The zero-order valence-electron chi connectivity index (χ0n) is 21.3. The standard InChI is InChI=1S/C31H33NO4/c1-5-35-29-19-30-26(27(20-36-30)24-13-9-10-14-28(24)34-4)18-25(29)21(2)17-31(33)32-22(3)15-16-23-11-7-6-8-12-23/h6-14,17-20,22H,5,15-16H2,1-4H3,(H,32,33)/b21-17+. The third-order valence-corrected chi connectivity index (χ3v) is 6.24. The number of ether oxygens (including phenoxy) is 2. The average molecular weight is 484 g/mol. The van der Waals surface area contributed by atoms with Crippen molar-refractivity contribution in [3.63, 3.8) is 0 Å². The SMILES string of the molecule is CCOc1cc2occ(-c3ccccc3OC)c2cc1/C(C)=C/C(=O)NC(C)CCc1ccccc1. The van der Waals surface area contributed by atoms with Crippen molar-refractivity contribution in [1.29, 1.82) is 0 Å². The first-order valence-electron chi connectivity index (χ1n) is 12.3. The first-order valence-corrected chi connectivity index (χ1v) is 12.3. The van der Waals surface area contributed by atoms with Crippen molar-refractivity contribution in [3.05, 3.63) is 90.2 Å². The molecule has 0 saturated carbocycles. The van der Waals surface area contributed by atoms with Gasteiger partial charge in [-0.2, -0.15) is 0 Å². The van der Waals surface area contributed by atoms with Crippen LogP contribution in [0.1, 0.15) is 38.3 Å². The van der Waals surface area contributed by atoms with E-state index in [4.69, 9.17) is 13.9 Å². The number of para-hydroxylation sites is 1. The van der Waals surface area contributed by atoms with Gasteiger partial charge in [0.2, 0.25) is 5.91 Å². The summed E-state index contributed by atoms with van der Waals surface area (Å²) < 4.78 is 17.4. The van der Waals surface area contributed by atoms with Crippen molar-refractivity contribution in [3.8, 4) is 22.6 Å². The number of benzene rings is 3. The Labute approximate surface area is 212 Å². The number of rotatable bonds is 10. The fourth-order valence-electron chi connectivity index (χ4n) is 4.37. The zero-order valence-corrected chi connectivity index (χ0v) is 21.3. The molecule has 4 rings (SSSR count). The molecule has 1 amide bonds. The van der Waals surface area contributed by atoms with Crippen LogP contribution in [-0.4, -0.2) is 25.7 Å². The molecule has 0 aliphatic heterocycles. The number of hydrogen-bond donors (Lipinski definition) is 1. The lowest BCUT2D eigenvalue weighted by atomic mass is 9.98. The summed E-state index contributed by atoms with van der Waals surface area (Å²) in [5.74, 6) is 1.34. The molecule has 0 bridgehead atoms. The van der Waals surface area contributed by atoms with Crippen LogP contribution in [0, 0.1) is 0 Å². The van der Waals surface area contributed by atoms with Crippen molar-refractivity contribution in [1.82, 2.24) is 5.32 Å². The van der Waals surface area contributed by atoms with E-state index in [9.17, 15) is 4.79 Å². The molecule has 0 fully saturated rings. The summed E-state index contributed by atoms with van der Waals surface area (Å²) in [5, 5.41) is 4.03. The molecule has 0 aliphatic carbocycles. The molecule has 1 aromatic heterocycles. The molecular weight excluding hydrogens is 450 g/mol. The van der Waals surface area contributed by atoms with Gasteiger partial charge >= 0.3 is 0 Å². The molecule has 0 radical (unpaired) electrons. The van der Waals surface area contributed by atoms with Crippen LogP contribution in [0.4, 0.5) is 0 Å². The van der Waals surface area contributed by atoms with Crippen LogP contribution in [0.3, 0.4) is 0 Å². The molecular formula is C31H33NO4. The Hall–Kier alpha value is -3.99. The fourth-order valence-corrected chi connectivity index (χ4v) is 4.37. The van der Waals surface area contributed by atoms with Gasteiger partial charge in [0.1, 0.15) is 17.1 Å². The molecule has 0 saturated heterocycles. The number of aryl methyl sites for hydroxylation is 1. The minimum absolute atomic E-state index is 0.0571. The highest BCUT2D eigenvalue weighted by Crippen LogP contribution is 2.40. The summed E-state index contributed by atoms with van der Waals surface area (Å²) in [6, 6.07) is 22.1. The Morgan fingerprint density at radius 3 is 2.53 bits per heavy atom. The molecule has 0 spiro atoms. The molecule has 1 heterocycles. The van der Waals surface area contributed by atoms with E-state index in [0.717, 1.165) is 51.8 Å². The van der Waals surface area contributed by atoms with Crippen LogP contribution in [-0.2, 0) is 11.2 Å².